The predicted octanol–water partition coefficient (Wildman–Crippen LogP) is 6.11. The molecule has 5 heteroatoms. The van der Waals surface area contributed by atoms with Gasteiger partial charge in [-0.15, -0.1) is 0 Å². The molecule has 0 saturated carbocycles. The molecule has 1 atom stereocenters. The molecular weight excluding hydrogens is 464 g/mol. The van der Waals surface area contributed by atoms with E-state index in [1.807, 2.05) is 18.2 Å². The molecule has 0 aliphatic heterocycles. The maximum atomic E-state index is 6.70. The molecule has 3 rings (SSSR count). The van der Waals surface area contributed by atoms with Crippen molar-refractivity contribution in [1.29, 1.82) is 0 Å². The van der Waals surface area contributed by atoms with Gasteiger partial charge in [-0.1, -0.05) is 111 Å². The fourth-order valence-corrected chi connectivity index (χ4v) is 4.08. The maximum absolute atomic E-state index is 6.70. The van der Waals surface area contributed by atoms with Crippen molar-refractivity contribution in [2.24, 2.45) is 5.92 Å². The zero-order valence-electron chi connectivity index (χ0n) is 22.3. The Kier molecular flexibility index (Phi) is 13.4. The van der Waals surface area contributed by atoms with Crippen LogP contribution in [-0.4, -0.2) is 59.5 Å². The van der Waals surface area contributed by atoms with Crippen LogP contribution >= 0.6 is 0 Å². The molecule has 0 fully saturated rings. The van der Waals surface area contributed by atoms with Gasteiger partial charge in [0.05, 0.1) is 52.9 Å². The van der Waals surface area contributed by atoms with E-state index >= 15 is 0 Å². The van der Waals surface area contributed by atoms with Crippen molar-refractivity contribution in [1.82, 2.24) is 0 Å². The molecule has 0 bridgehead atoms. The zero-order valence-corrected chi connectivity index (χ0v) is 22.3. The van der Waals surface area contributed by atoms with Crippen LogP contribution in [0, 0.1) is 5.92 Å². The first-order valence-corrected chi connectivity index (χ1v) is 13.4. The van der Waals surface area contributed by atoms with Gasteiger partial charge in [0.15, 0.2) is 0 Å². The Bertz CT molecular complexity index is 852. The van der Waals surface area contributed by atoms with Gasteiger partial charge in [-0.05, 0) is 22.6 Å². The van der Waals surface area contributed by atoms with Crippen LogP contribution in [0.5, 0.6) is 0 Å². The van der Waals surface area contributed by atoms with Crippen molar-refractivity contribution in [3.8, 4) is 0 Å². The minimum atomic E-state index is -0.723. The lowest BCUT2D eigenvalue weighted by Crippen LogP contribution is -2.34. The molecule has 0 amide bonds. The third kappa shape index (κ3) is 9.37. The Morgan fingerprint density at radius 3 is 1.24 bits per heavy atom. The number of hydrogen-bond acceptors (Lipinski definition) is 5. The molecular formula is C32H42O5. The van der Waals surface area contributed by atoms with E-state index in [2.05, 4.69) is 86.6 Å². The summed E-state index contributed by atoms with van der Waals surface area (Å²) in [7, 11) is 0. The molecule has 0 aliphatic carbocycles. The number of hydrogen-bond donors (Lipinski definition) is 0. The molecule has 0 aromatic heterocycles. The van der Waals surface area contributed by atoms with Gasteiger partial charge in [0.2, 0.25) is 0 Å². The minimum absolute atomic E-state index is 0.443. The average Bonchev–Trinajstić information content (AvgIpc) is 2.96. The lowest BCUT2D eigenvalue weighted by atomic mass is 9.80. The summed E-state index contributed by atoms with van der Waals surface area (Å²) in [6.45, 7) is 9.44. The van der Waals surface area contributed by atoms with Crippen LogP contribution in [0.3, 0.4) is 0 Å². The summed E-state index contributed by atoms with van der Waals surface area (Å²) >= 11 is 0. The third-order valence-electron chi connectivity index (χ3n) is 6.30. The largest absolute Gasteiger partial charge is 0.379 e. The van der Waals surface area contributed by atoms with Crippen molar-refractivity contribution >= 4 is 0 Å². The van der Waals surface area contributed by atoms with Gasteiger partial charge in [0.25, 0.3) is 0 Å². The zero-order chi connectivity index (χ0) is 26.0. The van der Waals surface area contributed by atoms with Gasteiger partial charge in [-0.25, -0.2) is 0 Å². The van der Waals surface area contributed by atoms with E-state index in [0.717, 1.165) is 29.7 Å². The molecule has 1 unspecified atom stereocenters. The van der Waals surface area contributed by atoms with Gasteiger partial charge in [-0.2, -0.15) is 0 Å². The van der Waals surface area contributed by atoms with E-state index in [1.165, 1.54) is 0 Å². The van der Waals surface area contributed by atoms with E-state index in [4.69, 9.17) is 23.7 Å². The second kappa shape index (κ2) is 17.1. The average molecular weight is 507 g/mol. The molecule has 3 aromatic rings. The molecule has 37 heavy (non-hydrogen) atoms. The van der Waals surface area contributed by atoms with Gasteiger partial charge in [0.1, 0.15) is 5.60 Å². The molecule has 0 saturated heterocycles. The topological polar surface area (TPSA) is 46.2 Å². The number of benzene rings is 3. The van der Waals surface area contributed by atoms with Gasteiger partial charge >= 0.3 is 0 Å². The van der Waals surface area contributed by atoms with Crippen molar-refractivity contribution in [2.75, 3.05) is 59.5 Å². The highest BCUT2D eigenvalue weighted by Crippen LogP contribution is 2.40. The molecule has 200 valence electrons. The summed E-state index contributed by atoms with van der Waals surface area (Å²) in [5.74, 6) is 0.597. The fraction of sp³-hybridized carbons (Fsp3) is 0.438. The van der Waals surface area contributed by atoms with Crippen molar-refractivity contribution in [3.63, 3.8) is 0 Å². The normalized spacial score (nSPS) is 12.5. The third-order valence-corrected chi connectivity index (χ3v) is 6.30. The summed E-state index contributed by atoms with van der Waals surface area (Å²) in [4.78, 5) is 0. The van der Waals surface area contributed by atoms with Crippen LogP contribution in [0.2, 0.25) is 0 Å². The predicted molar refractivity (Wildman–Crippen MR) is 148 cm³/mol. The molecule has 0 N–H and O–H groups in total. The lowest BCUT2D eigenvalue weighted by molar-refractivity contribution is -0.0387. The van der Waals surface area contributed by atoms with Gasteiger partial charge in [-0.3, -0.25) is 0 Å². The molecule has 0 aliphatic rings. The number of rotatable bonds is 19. The molecule has 0 radical (unpaired) electrons. The van der Waals surface area contributed by atoms with Crippen LogP contribution in [0.15, 0.2) is 91.0 Å². The second-order valence-electron chi connectivity index (χ2n) is 9.05. The molecule has 0 heterocycles. The summed E-state index contributed by atoms with van der Waals surface area (Å²) in [5.41, 5.74) is 2.53. The smallest absolute Gasteiger partial charge is 0.143 e. The SMILES string of the molecule is CCC(C)COCCOCCOCCOCCOC(c1ccccc1)(c1ccccc1)c1ccccc1. The molecule has 3 aromatic carbocycles. The Labute approximate surface area is 222 Å². The maximum Gasteiger partial charge on any atom is 0.143 e. The van der Waals surface area contributed by atoms with E-state index in [9.17, 15) is 0 Å². The first-order valence-electron chi connectivity index (χ1n) is 13.4. The van der Waals surface area contributed by atoms with E-state index in [1.54, 1.807) is 0 Å². The van der Waals surface area contributed by atoms with Crippen LogP contribution < -0.4 is 0 Å². The monoisotopic (exact) mass is 506 g/mol. The minimum Gasteiger partial charge on any atom is -0.379 e. The van der Waals surface area contributed by atoms with Gasteiger partial charge in [0, 0.05) is 6.61 Å². The molecule has 0 spiro atoms. The quantitative estimate of drug-likeness (QED) is 0.145. The first-order chi connectivity index (χ1) is 18.3. The summed E-state index contributed by atoms with van der Waals surface area (Å²) in [5, 5.41) is 0. The van der Waals surface area contributed by atoms with Crippen molar-refractivity contribution in [3.05, 3.63) is 108 Å². The van der Waals surface area contributed by atoms with E-state index in [-0.39, 0.29) is 0 Å². The van der Waals surface area contributed by atoms with Crippen molar-refractivity contribution < 1.29 is 23.7 Å². The van der Waals surface area contributed by atoms with Gasteiger partial charge < -0.3 is 23.7 Å². The number of ether oxygens (including phenoxy) is 5. The highest BCUT2D eigenvalue weighted by molar-refractivity contribution is 5.47. The van der Waals surface area contributed by atoms with Crippen LogP contribution in [0.4, 0.5) is 0 Å². The summed E-state index contributed by atoms with van der Waals surface area (Å²) in [6, 6.07) is 31.1. The Hall–Kier alpha value is -2.54. The molecule has 5 nitrogen and oxygen atoms in total. The lowest BCUT2D eigenvalue weighted by Gasteiger charge is -2.36. The summed E-state index contributed by atoms with van der Waals surface area (Å²) in [6.07, 6.45) is 1.14. The van der Waals surface area contributed by atoms with Crippen LogP contribution in [-0.2, 0) is 29.3 Å². The fourth-order valence-electron chi connectivity index (χ4n) is 4.08. The standard InChI is InChI=1S/C32H42O5/c1-3-28(2)27-36-24-23-34-20-19-33-21-22-35-25-26-37-32(29-13-7-4-8-14-29,30-15-9-5-10-16-30)31-17-11-6-12-18-31/h4-18,28H,3,19-27H2,1-2H3. The van der Waals surface area contributed by atoms with Crippen LogP contribution in [0.25, 0.3) is 0 Å². The van der Waals surface area contributed by atoms with Crippen LogP contribution in [0.1, 0.15) is 37.0 Å². The van der Waals surface area contributed by atoms with E-state index in [0.29, 0.717) is 58.8 Å². The summed E-state index contributed by atoms with van der Waals surface area (Å²) < 4.78 is 29.3. The van der Waals surface area contributed by atoms with Crippen molar-refractivity contribution in [2.45, 2.75) is 25.9 Å². The highest BCUT2D eigenvalue weighted by Gasteiger charge is 2.37. The Balaban J connectivity index is 1.42. The Morgan fingerprint density at radius 1 is 0.514 bits per heavy atom. The Morgan fingerprint density at radius 2 is 0.865 bits per heavy atom. The highest BCUT2D eigenvalue weighted by atomic mass is 16.6. The van der Waals surface area contributed by atoms with E-state index < -0.39 is 5.60 Å². The first kappa shape index (κ1) is 29.0. The second-order valence-corrected chi connectivity index (χ2v) is 9.05.